The van der Waals surface area contributed by atoms with Gasteiger partial charge in [0.15, 0.2) is 0 Å². The van der Waals surface area contributed by atoms with Crippen LogP contribution in [0.5, 0.6) is 0 Å². The second kappa shape index (κ2) is 6.89. The molecule has 0 aliphatic carbocycles. The van der Waals surface area contributed by atoms with Crippen LogP contribution in [-0.2, 0) is 4.74 Å². The Morgan fingerprint density at radius 3 is 3.09 bits per heavy atom. The summed E-state index contributed by atoms with van der Waals surface area (Å²) in [5.41, 5.74) is 1.61. The first-order chi connectivity index (χ1) is 11.2. The molecule has 0 saturated carbocycles. The molecule has 0 bridgehead atoms. The third-order valence-electron chi connectivity index (χ3n) is 4.09. The van der Waals surface area contributed by atoms with Crippen LogP contribution in [0.2, 0.25) is 0 Å². The van der Waals surface area contributed by atoms with Crippen LogP contribution in [0, 0.1) is 10.1 Å². The van der Waals surface area contributed by atoms with Crippen molar-refractivity contribution >= 4 is 22.3 Å². The smallest absolute Gasteiger partial charge is 0.278 e. The summed E-state index contributed by atoms with van der Waals surface area (Å²) < 4.78 is 5.64. The van der Waals surface area contributed by atoms with Crippen molar-refractivity contribution in [1.82, 2.24) is 4.98 Å². The molecule has 1 aliphatic heterocycles. The molecular formula is C16H19N3O4. The van der Waals surface area contributed by atoms with Crippen LogP contribution < -0.4 is 4.90 Å². The van der Waals surface area contributed by atoms with Crippen LogP contribution in [0.15, 0.2) is 30.5 Å². The summed E-state index contributed by atoms with van der Waals surface area (Å²) in [6.07, 6.45) is 3.64. The monoisotopic (exact) mass is 317 g/mol. The zero-order valence-electron chi connectivity index (χ0n) is 12.7. The third kappa shape index (κ3) is 3.25. The second-order valence-electron chi connectivity index (χ2n) is 5.57. The lowest BCUT2D eigenvalue weighted by Gasteiger charge is -2.34. The molecule has 1 aromatic carbocycles. The number of aliphatic hydroxyl groups is 1. The average Bonchev–Trinajstić information content (AvgIpc) is 2.59. The highest BCUT2D eigenvalue weighted by molar-refractivity contribution is 5.97. The largest absolute Gasteiger partial charge is 0.394 e. The Labute approximate surface area is 133 Å². The minimum atomic E-state index is -0.378. The van der Waals surface area contributed by atoms with Crippen molar-refractivity contribution < 1.29 is 14.8 Å². The van der Waals surface area contributed by atoms with Gasteiger partial charge in [0.2, 0.25) is 0 Å². The first-order valence-electron chi connectivity index (χ1n) is 7.70. The van der Waals surface area contributed by atoms with E-state index in [1.54, 1.807) is 24.4 Å². The number of fused-ring (bicyclic) bond motifs is 1. The van der Waals surface area contributed by atoms with E-state index in [0.29, 0.717) is 24.1 Å². The fraction of sp³-hybridized carbons (Fsp3) is 0.438. The number of piperidine rings is 1. The van der Waals surface area contributed by atoms with Gasteiger partial charge in [0, 0.05) is 25.4 Å². The van der Waals surface area contributed by atoms with Gasteiger partial charge in [-0.05, 0) is 31.0 Å². The van der Waals surface area contributed by atoms with Gasteiger partial charge in [-0.1, -0.05) is 0 Å². The number of rotatable bonds is 5. The van der Waals surface area contributed by atoms with E-state index in [9.17, 15) is 10.1 Å². The molecule has 2 aromatic rings. The number of nitro groups is 1. The Morgan fingerprint density at radius 1 is 1.43 bits per heavy atom. The molecule has 1 aliphatic rings. The Kier molecular flexibility index (Phi) is 4.68. The molecule has 1 N–H and O–H groups in total. The molecule has 122 valence electrons. The van der Waals surface area contributed by atoms with Crippen molar-refractivity contribution in [3.63, 3.8) is 0 Å². The number of aliphatic hydroxyl groups excluding tert-OH is 1. The number of hydrogen-bond acceptors (Lipinski definition) is 6. The molecule has 1 fully saturated rings. The molecule has 23 heavy (non-hydrogen) atoms. The molecule has 7 nitrogen and oxygen atoms in total. The summed E-state index contributed by atoms with van der Waals surface area (Å²) in [5.74, 6) is 0. The molecule has 1 saturated heterocycles. The molecule has 0 radical (unpaired) electrons. The maximum atomic E-state index is 11.2. The first kappa shape index (κ1) is 15.6. The average molecular weight is 317 g/mol. The summed E-state index contributed by atoms with van der Waals surface area (Å²) in [6.45, 7) is 1.90. The lowest BCUT2D eigenvalue weighted by Crippen LogP contribution is -2.40. The van der Waals surface area contributed by atoms with E-state index in [1.165, 1.54) is 6.07 Å². The van der Waals surface area contributed by atoms with Crippen molar-refractivity contribution in [3.8, 4) is 0 Å². The molecular weight excluding hydrogens is 298 g/mol. The standard InChI is InChI=1S/C16H19N3O4/c20-9-10-23-12-3-2-8-18(11-12)15-6-5-14(19(21)22)13-4-1-7-17-16(13)15/h1,4-7,12,20H,2-3,8-11H2. The van der Waals surface area contributed by atoms with Gasteiger partial charge >= 0.3 is 0 Å². The molecule has 1 atom stereocenters. The number of non-ortho nitro benzene ring substituents is 1. The van der Waals surface area contributed by atoms with E-state index < -0.39 is 0 Å². The van der Waals surface area contributed by atoms with E-state index in [2.05, 4.69) is 9.88 Å². The lowest BCUT2D eigenvalue weighted by molar-refractivity contribution is -0.383. The number of anilines is 1. The molecule has 0 amide bonds. The van der Waals surface area contributed by atoms with Crippen LogP contribution in [0.25, 0.3) is 10.9 Å². The molecule has 1 unspecified atom stereocenters. The summed E-state index contributed by atoms with van der Waals surface area (Å²) >= 11 is 0. The van der Waals surface area contributed by atoms with Gasteiger partial charge in [-0.2, -0.15) is 0 Å². The predicted octanol–water partition coefficient (Wildman–Crippen LogP) is 2.12. The fourth-order valence-corrected chi connectivity index (χ4v) is 3.07. The van der Waals surface area contributed by atoms with Gasteiger partial charge in [0.25, 0.3) is 5.69 Å². The quantitative estimate of drug-likeness (QED) is 0.671. The molecule has 7 heteroatoms. The van der Waals surface area contributed by atoms with Gasteiger partial charge in [0.1, 0.15) is 5.52 Å². The summed E-state index contributed by atoms with van der Waals surface area (Å²) in [6, 6.07) is 6.75. The summed E-state index contributed by atoms with van der Waals surface area (Å²) in [5, 5.41) is 20.6. The minimum Gasteiger partial charge on any atom is -0.394 e. The van der Waals surface area contributed by atoms with Crippen LogP contribution in [-0.4, -0.2) is 47.4 Å². The zero-order valence-corrected chi connectivity index (χ0v) is 12.7. The maximum Gasteiger partial charge on any atom is 0.278 e. The van der Waals surface area contributed by atoms with Crippen LogP contribution in [0.1, 0.15) is 12.8 Å². The normalized spacial score (nSPS) is 18.3. The van der Waals surface area contributed by atoms with E-state index in [-0.39, 0.29) is 23.3 Å². The molecule has 1 aromatic heterocycles. The van der Waals surface area contributed by atoms with Crippen LogP contribution >= 0.6 is 0 Å². The Morgan fingerprint density at radius 2 is 2.30 bits per heavy atom. The lowest BCUT2D eigenvalue weighted by atomic mass is 10.1. The maximum absolute atomic E-state index is 11.2. The fourth-order valence-electron chi connectivity index (χ4n) is 3.07. The number of aromatic nitrogens is 1. The Balaban J connectivity index is 1.93. The van der Waals surface area contributed by atoms with E-state index in [0.717, 1.165) is 25.1 Å². The van der Waals surface area contributed by atoms with Crippen LogP contribution in [0.3, 0.4) is 0 Å². The topological polar surface area (TPSA) is 88.7 Å². The molecule has 3 rings (SSSR count). The third-order valence-corrected chi connectivity index (χ3v) is 4.09. The van der Waals surface area contributed by atoms with Gasteiger partial charge in [0.05, 0.1) is 35.3 Å². The van der Waals surface area contributed by atoms with Crippen molar-refractivity contribution in [3.05, 3.63) is 40.6 Å². The van der Waals surface area contributed by atoms with Crippen molar-refractivity contribution in [1.29, 1.82) is 0 Å². The van der Waals surface area contributed by atoms with Crippen LogP contribution in [0.4, 0.5) is 11.4 Å². The van der Waals surface area contributed by atoms with Gasteiger partial charge in [-0.15, -0.1) is 0 Å². The predicted molar refractivity (Wildman–Crippen MR) is 86.7 cm³/mol. The number of benzene rings is 1. The highest BCUT2D eigenvalue weighted by atomic mass is 16.6. The number of pyridine rings is 1. The van der Waals surface area contributed by atoms with Gasteiger partial charge < -0.3 is 14.7 Å². The van der Waals surface area contributed by atoms with E-state index in [4.69, 9.17) is 9.84 Å². The Bertz CT molecular complexity index is 707. The summed E-state index contributed by atoms with van der Waals surface area (Å²) in [4.78, 5) is 17.3. The second-order valence-corrected chi connectivity index (χ2v) is 5.57. The van der Waals surface area contributed by atoms with Crippen molar-refractivity contribution in [2.75, 3.05) is 31.2 Å². The molecule has 2 heterocycles. The minimum absolute atomic E-state index is 0.0124. The van der Waals surface area contributed by atoms with Crippen molar-refractivity contribution in [2.24, 2.45) is 0 Å². The molecule has 0 spiro atoms. The number of ether oxygens (including phenoxy) is 1. The number of nitrogens with zero attached hydrogens (tertiary/aromatic N) is 3. The van der Waals surface area contributed by atoms with E-state index in [1.807, 2.05) is 0 Å². The first-order valence-corrected chi connectivity index (χ1v) is 7.70. The van der Waals surface area contributed by atoms with Gasteiger partial charge in [-0.3, -0.25) is 15.1 Å². The number of nitro benzene ring substituents is 1. The van der Waals surface area contributed by atoms with Gasteiger partial charge in [-0.25, -0.2) is 0 Å². The van der Waals surface area contributed by atoms with Crippen molar-refractivity contribution in [2.45, 2.75) is 18.9 Å². The number of hydrogen-bond donors (Lipinski definition) is 1. The highest BCUT2D eigenvalue weighted by Crippen LogP contribution is 2.33. The summed E-state index contributed by atoms with van der Waals surface area (Å²) in [7, 11) is 0. The zero-order chi connectivity index (χ0) is 16.2. The highest BCUT2D eigenvalue weighted by Gasteiger charge is 2.24. The van der Waals surface area contributed by atoms with E-state index >= 15 is 0 Å². The Hall–Kier alpha value is -2.25. The SMILES string of the molecule is O=[N+]([O-])c1ccc(N2CCCC(OCCO)C2)c2ncccc12.